The number of esters is 1. The molecule has 1 heterocycles. The molecule has 3 rings (SSSR count). The molecule has 0 saturated carbocycles. The van der Waals surface area contributed by atoms with Crippen molar-refractivity contribution in [1.82, 2.24) is 0 Å². The quantitative estimate of drug-likeness (QED) is 0.852. The average Bonchev–Trinajstić information content (AvgIpc) is 3.01. The lowest BCUT2D eigenvalue weighted by molar-refractivity contribution is -0.123. The van der Waals surface area contributed by atoms with Gasteiger partial charge in [0.05, 0.1) is 0 Å². The number of rotatable bonds is 4. The van der Waals surface area contributed by atoms with Crippen molar-refractivity contribution in [3.63, 3.8) is 0 Å². The highest BCUT2D eigenvalue weighted by Crippen LogP contribution is 2.30. The maximum atomic E-state index is 12.9. The Balaban J connectivity index is 1.60. The summed E-state index contributed by atoms with van der Waals surface area (Å²) in [6.45, 7) is 1.52. The molecule has 0 saturated heterocycles. The van der Waals surface area contributed by atoms with Gasteiger partial charge in [0.2, 0.25) is 0 Å². The maximum Gasteiger partial charge on any atom is 0.349 e. The SMILES string of the molecule is C[C@H](OC(=O)c1cc2c(s1)CCCC2)C(=O)Nc1ccc(F)cc1. The first-order valence-corrected chi connectivity index (χ1v) is 8.73. The van der Waals surface area contributed by atoms with Gasteiger partial charge in [-0.3, -0.25) is 4.79 Å². The first kappa shape index (κ1) is 16.6. The minimum Gasteiger partial charge on any atom is -0.448 e. The van der Waals surface area contributed by atoms with Crippen molar-refractivity contribution in [3.8, 4) is 0 Å². The van der Waals surface area contributed by atoms with E-state index in [0.717, 1.165) is 25.7 Å². The van der Waals surface area contributed by atoms with Gasteiger partial charge in [0.15, 0.2) is 6.10 Å². The summed E-state index contributed by atoms with van der Waals surface area (Å²) < 4.78 is 18.1. The number of hydrogen-bond acceptors (Lipinski definition) is 4. The fraction of sp³-hybridized carbons (Fsp3) is 0.333. The zero-order chi connectivity index (χ0) is 17.1. The maximum absolute atomic E-state index is 12.9. The summed E-state index contributed by atoms with van der Waals surface area (Å²) in [5, 5.41) is 2.60. The third kappa shape index (κ3) is 3.82. The van der Waals surface area contributed by atoms with Crippen LogP contribution in [0.4, 0.5) is 10.1 Å². The minimum atomic E-state index is -0.929. The van der Waals surface area contributed by atoms with Crippen molar-refractivity contribution in [2.75, 3.05) is 5.32 Å². The number of thiophene rings is 1. The highest BCUT2D eigenvalue weighted by atomic mass is 32.1. The molecule has 0 fully saturated rings. The Labute approximate surface area is 143 Å². The number of carbonyl (C=O) groups is 2. The predicted molar refractivity (Wildman–Crippen MR) is 90.9 cm³/mol. The van der Waals surface area contributed by atoms with E-state index in [1.54, 1.807) is 0 Å². The standard InChI is InChI=1S/C18H18FNO3S/c1-11(17(21)20-14-8-6-13(19)7-9-14)23-18(22)16-10-12-4-2-3-5-15(12)24-16/h6-11H,2-5H2,1H3,(H,20,21)/t11-/m0/s1. The van der Waals surface area contributed by atoms with E-state index in [9.17, 15) is 14.0 Å². The van der Waals surface area contributed by atoms with Crippen LogP contribution < -0.4 is 5.32 Å². The number of hydrogen-bond donors (Lipinski definition) is 1. The zero-order valence-corrected chi connectivity index (χ0v) is 14.1. The van der Waals surface area contributed by atoms with Crippen LogP contribution in [0.15, 0.2) is 30.3 Å². The Morgan fingerprint density at radius 1 is 1.21 bits per heavy atom. The van der Waals surface area contributed by atoms with Gasteiger partial charge in [-0.2, -0.15) is 0 Å². The van der Waals surface area contributed by atoms with Gasteiger partial charge >= 0.3 is 5.97 Å². The molecule has 1 aliphatic rings. The normalized spacial score (nSPS) is 14.6. The molecule has 1 aromatic carbocycles. The van der Waals surface area contributed by atoms with Crippen LogP contribution in [0.3, 0.4) is 0 Å². The average molecular weight is 347 g/mol. The van der Waals surface area contributed by atoms with Crippen LogP contribution in [0.1, 0.15) is 39.9 Å². The lowest BCUT2D eigenvalue weighted by Crippen LogP contribution is -2.29. The molecule has 24 heavy (non-hydrogen) atoms. The van der Waals surface area contributed by atoms with E-state index in [-0.39, 0.29) is 5.82 Å². The Bertz CT molecular complexity index is 731. The number of fused-ring (bicyclic) bond motifs is 1. The summed E-state index contributed by atoms with van der Waals surface area (Å²) in [5.74, 6) is -1.30. The second-order valence-electron chi connectivity index (χ2n) is 5.81. The smallest absolute Gasteiger partial charge is 0.349 e. The number of amides is 1. The number of aryl methyl sites for hydroxylation is 2. The molecule has 126 valence electrons. The Morgan fingerprint density at radius 2 is 1.92 bits per heavy atom. The van der Waals surface area contributed by atoms with Crippen molar-refractivity contribution < 1.29 is 18.7 Å². The lowest BCUT2D eigenvalue weighted by atomic mass is 9.99. The Morgan fingerprint density at radius 3 is 2.62 bits per heavy atom. The van der Waals surface area contributed by atoms with E-state index in [1.807, 2.05) is 6.07 Å². The number of halogens is 1. The lowest BCUT2D eigenvalue weighted by Gasteiger charge is -2.13. The molecular weight excluding hydrogens is 329 g/mol. The van der Waals surface area contributed by atoms with Crippen LogP contribution >= 0.6 is 11.3 Å². The molecule has 1 aliphatic carbocycles. The summed E-state index contributed by atoms with van der Waals surface area (Å²) >= 11 is 1.45. The largest absolute Gasteiger partial charge is 0.448 e. The molecule has 1 aromatic heterocycles. The van der Waals surface area contributed by atoms with Crippen molar-refractivity contribution in [2.45, 2.75) is 38.7 Å². The third-order valence-electron chi connectivity index (χ3n) is 3.96. The summed E-state index contributed by atoms with van der Waals surface area (Å²) in [6, 6.07) is 7.29. The van der Waals surface area contributed by atoms with E-state index in [0.29, 0.717) is 10.6 Å². The molecule has 0 unspecified atom stereocenters. The summed E-state index contributed by atoms with van der Waals surface area (Å²) in [5.41, 5.74) is 1.68. The molecule has 0 bridgehead atoms. The third-order valence-corrected chi connectivity index (χ3v) is 5.18. The number of benzene rings is 1. The van der Waals surface area contributed by atoms with Crippen molar-refractivity contribution >= 4 is 28.9 Å². The molecular formula is C18H18FNO3S. The molecule has 0 radical (unpaired) electrons. The summed E-state index contributed by atoms with van der Waals surface area (Å²) in [7, 11) is 0. The summed E-state index contributed by atoms with van der Waals surface area (Å²) in [6.07, 6.45) is 3.38. The minimum absolute atomic E-state index is 0.380. The molecule has 1 amide bonds. The van der Waals surface area contributed by atoms with Crippen molar-refractivity contribution in [3.05, 3.63) is 51.5 Å². The van der Waals surface area contributed by atoms with E-state index < -0.39 is 18.0 Å². The second kappa shape index (κ2) is 7.13. The van der Waals surface area contributed by atoms with Crippen LogP contribution in [0, 0.1) is 5.82 Å². The topological polar surface area (TPSA) is 55.4 Å². The van der Waals surface area contributed by atoms with Gasteiger partial charge < -0.3 is 10.1 Å². The molecule has 0 aliphatic heterocycles. The second-order valence-corrected chi connectivity index (χ2v) is 6.95. The molecule has 1 atom stereocenters. The van der Waals surface area contributed by atoms with Gasteiger partial charge in [0.25, 0.3) is 5.91 Å². The number of nitrogens with one attached hydrogen (secondary N) is 1. The van der Waals surface area contributed by atoms with Crippen LogP contribution in [0.2, 0.25) is 0 Å². The Hall–Kier alpha value is -2.21. The zero-order valence-electron chi connectivity index (χ0n) is 13.3. The molecule has 4 nitrogen and oxygen atoms in total. The van der Waals surface area contributed by atoms with Gasteiger partial charge in [-0.25, -0.2) is 9.18 Å². The van der Waals surface area contributed by atoms with Crippen LogP contribution in [-0.4, -0.2) is 18.0 Å². The number of anilines is 1. The van der Waals surface area contributed by atoms with Gasteiger partial charge in [-0.15, -0.1) is 11.3 Å². The number of ether oxygens (including phenoxy) is 1. The molecule has 2 aromatic rings. The van der Waals surface area contributed by atoms with Gasteiger partial charge in [0.1, 0.15) is 10.7 Å². The van der Waals surface area contributed by atoms with Gasteiger partial charge in [0, 0.05) is 10.6 Å². The fourth-order valence-electron chi connectivity index (χ4n) is 2.64. The van der Waals surface area contributed by atoms with E-state index >= 15 is 0 Å². The van der Waals surface area contributed by atoms with Crippen molar-refractivity contribution in [2.24, 2.45) is 0 Å². The fourth-order valence-corrected chi connectivity index (χ4v) is 3.78. The van der Waals surface area contributed by atoms with E-state index in [2.05, 4.69) is 5.32 Å². The first-order chi connectivity index (χ1) is 11.5. The van der Waals surface area contributed by atoms with E-state index in [1.165, 1.54) is 53.0 Å². The van der Waals surface area contributed by atoms with E-state index in [4.69, 9.17) is 4.74 Å². The monoisotopic (exact) mass is 347 g/mol. The van der Waals surface area contributed by atoms with Crippen LogP contribution in [0.5, 0.6) is 0 Å². The molecule has 1 N–H and O–H groups in total. The van der Waals surface area contributed by atoms with Crippen LogP contribution in [0.25, 0.3) is 0 Å². The van der Waals surface area contributed by atoms with Gasteiger partial charge in [-0.05, 0) is 68.5 Å². The number of carbonyl (C=O) groups excluding carboxylic acids is 2. The highest BCUT2D eigenvalue weighted by molar-refractivity contribution is 7.14. The highest BCUT2D eigenvalue weighted by Gasteiger charge is 2.22. The molecule has 0 spiro atoms. The predicted octanol–water partition coefficient (Wildman–Crippen LogP) is 3.95. The molecule has 6 heteroatoms. The van der Waals surface area contributed by atoms with Crippen LogP contribution in [-0.2, 0) is 22.4 Å². The first-order valence-electron chi connectivity index (χ1n) is 7.92. The Kier molecular flexibility index (Phi) is 4.94. The summed E-state index contributed by atoms with van der Waals surface area (Å²) in [4.78, 5) is 26.1. The van der Waals surface area contributed by atoms with Crippen molar-refractivity contribution in [1.29, 1.82) is 0 Å². The van der Waals surface area contributed by atoms with Gasteiger partial charge in [-0.1, -0.05) is 0 Å².